The minimum atomic E-state index is 0.0832. The number of rotatable bonds is 1. The van der Waals surface area contributed by atoms with E-state index in [0.717, 1.165) is 12.1 Å². The predicted octanol–water partition coefficient (Wildman–Crippen LogP) is 2.22. The second-order valence-electron chi connectivity index (χ2n) is 3.60. The SMILES string of the molecule is CC1=CN2c3ccccc3SC2N1C=O. The normalized spacial score (nSPS) is 22.5. The molecule has 0 saturated heterocycles. The van der Waals surface area contributed by atoms with Crippen LogP contribution in [0.15, 0.2) is 41.1 Å². The van der Waals surface area contributed by atoms with Crippen LogP contribution in [0.2, 0.25) is 0 Å². The molecule has 2 aliphatic heterocycles. The largest absolute Gasteiger partial charge is 0.315 e. The molecule has 0 spiro atoms. The molecule has 2 aliphatic rings. The van der Waals surface area contributed by atoms with Gasteiger partial charge in [-0.25, -0.2) is 0 Å². The predicted molar refractivity (Wildman–Crippen MR) is 60.2 cm³/mol. The molecule has 0 aromatic heterocycles. The van der Waals surface area contributed by atoms with E-state index in [1.165, 1.54) is 10.6 Å². The highest BCUT2D eigenvalue weighted by Gasteiger charge is 2.37. The van der Waals surface area contributed by atoms with Crippen LogP contribution in [0.5, 0.6) is 0 Å². The van der Waals surface area contributed by atoms with Crippen molar-refractivity contribution >= 4 is 23.9 Å². The molecule has 1 unspecified atom stereocenters. The number of hydrogen-bond donors (Lipinski definition) is 0. The zero-order valence-corrected chi connectivity index (χ0v) is 9.07. The first-order valence-electron chi connectivity index (χ1n) is 4.77. The Hall–Kier alpha value is -1.42. The number of allylic oxidation sites excluding steroid dienone is 1. The molecule has 1 atom stereocenters. The molecule has 0 aliphatic carbocycles. The highest BCUT2D eigenvalue weighted by molar-refractivity contribution is 8.00. The molecule has 0 radical (unpaired) electrons. The number of nitrogens with zero attached hydrogens (tertiary/aromatic N) is 2. The number of benzene rings is 1. The van der Waals surface area contributed by atoms with Crippen molar-refractivity contribution in [3.05, 3.63) is 36.2 Å². The van der Waals surface area contributed by atoms with Gasteiger partial charge in [0, 0.05) is 16.8 Å². The van der Waals surface area contributed by atoms with Crippen molar-refractivity contribution in [2.75, 3.05) is 4.90 Å². The van der Waals surface area contributed by atoms with Crippen LogP contribution in [0.25, 0.3) is 0 Å². The van der Waals surface area contributed by atoms with Crippen molar-refractivity contribution < 1.29 is 4.79 Å². The van der Waals surface area contributed by atoms with Crippen LogP contribution >= 0.6 is 11.8 Å². The first kappa shape index (κ1) is 8.85. The quantitative estimate of drug-likeness (QED) is 0.675. The number of thioether (sulfide) groups is 1. The number of hydrogen-bond acceptors (Lipinski definition) is 3. The summed E-state index contributed by atoms with van der Waals surface area (Å²) in [4.78, 5) is 16.1. The third kappa shape index (κ3) is 1.11. The molecular formula is C11H10N2OS. The average molecular weight is 218 g/mol. The summed E-state index contributed by atoms with van der Waals surface area (Å²) < 4.78 is 0. The van der Waals surface area contributed by atoms with Crippen molar-refractivity contribution in [2.24, 2.45) is 0 Å². The summed E-state index contributed by atoms with van der Waals surface area (Å²) in [5, 5.41) is 0. The molecule has 0 fully saturated rings. The second-order valence-corrected chi connectivity index (χ2v) is 4.70. The molecule has 1 amide bonds. The van der Waals surface area contributed by atoms with Crippen LogP contribution in [0, 0.1) is 0 Å². The standard InChI is InChI=1S/C11H10N2OS/c1-8-6-12-9-4-2-3-5-10(9)15-11(12)13(8)7-14/h2-7,11H,1H3. The molecule has 15 heavy (non-hydrogen) atoms. The molecule has 3 nitrogen and oxygen atoms in total. The van der Waals surface area contributed by atoms with E-state index in [2.05, 4.69) is 17.0 Å². The maximum Gasteiger partial charge on any atom is 0.216 e. The molecule has 2 heterocycles. The lowest BCUT2D eigenvalue weighted by Gasteiger charge is -2.21. The van der Waals surface area contributed by atoms with Crippen molar-refractivity contribution in [1.29, 1.82) is 0 Å². The van der Waals surface area contributed by atoms with Crippen molar-refractivity contribution in [3.63, 3.8) is 0 Å². The van der Waals surface area contributed by atoms with Crippen LogP contribution in [0.3, 0.4) is 0 Å². The van der Waals surface area contributed by atoms with E-state index in [9.17, 15) is 4.79 Å². The summed E-state index contributed by atoms with van der Waals surface area (Å²) >= 11 is 1.71. The summed E-state index contributed by atoms with van der Waals surface area (Å²) in [5.41, 5.74) is 2.27. The van der Waals surface area contributed by atoms with E-state index in [0.29, 0.717) is 0 Å². The van der Waals surface area contributed by atoms with Gasteiger partial charge in [0.15, 0.2) is 5.50 Å². The smallest absolute Gasteiger partial charge is 0.216 e. The highest BCUT2D eigenvalue weighted by Crippen LogP contribution is 2.47. The average Bonchev–Trinajstić information content (AvgIpc) is 2.72. The Kier molecular flexibility index (Phi) is 1.79. The Labute approximate surface area is 92.4 Å². The minimum Gasteiger partial charge on any atom is -0.315 e. The molecule has 1 aromatic carbocycles. The van der Waals surface area contributed by atoms with Crippen molar-refractivity contribution in [2.45, 2.75) is 17.3 Å². The monoisotopic (exact) mass is 218 g/mol. The Morgan fingerprint density at radius 1 is 1.40 bits per heavy atom. The lowest BCUT2D eigenvalue weighted by atomic mass is 10.3. The van der Waals surface area contributed by atoms with E-state index in [4.69, 9.17) is 0 Å². The van der Waals surface area contributed by atoms with E-state index in [-0.39, 0.29) is 5.50 Å². The van der Waals surface area contributed by atoms with Crippen LogP contribution in [0.4, 0.5) is 5.69 Å². The van der Waals surface area contributed by atoms with E-state index >= 15 is 0 Å². The molecule has 76 valence electrons. The molecule has 0 saturated carbocycles. The van der Waals surface area contributed by atoms with E-state index in [1.807, 2.05) is 25.3 Å². The van der Waals surface area contributed by atoms with Gasteiger partial charge in [0.05, 0.1) is 5.69 Å². The number of amides is 1. The summed E-state index contributed by atoms with van der Waals surface area (Å²) in [7, 11) is 0. The van der Waals surface area contributed by atoms with Crippen LogP contribution in [0.1, 0.15) is 6.92 Å². The van der Waals surface area contributed by atoms with Gasteiger partial charge in [-0.1, -0.05) is 23.9 Å². The van der Waals surface area contributed by atoms with Crippen LogP contribution in [-0.2, 0) is 4.79 Å². The topological polar surface area (TPSA) is 23.6 Å². The number of fused-ring (bicyclic) bond motifs is 3. The number of carbonyl (C=O) groups excluding carboxylic acids is 1. The summed E-state index contributed by atoms with van der Waals surface area (Å²) in [6.45, 7) is 1.95. The van der Waals surface area contributed by atoms with Gasteiger partial charge in [-0.3, -0.25) is 9.69 Å². The first-order valence-corrected chi connectivity index (χ1v) is 5.65. The Bertz CT molecular complexity index is 458. The van der Waals surface area contributed by atoms with E-state index in [1.54, 1.807) is 16.7 Å². The number of para-hydroxylation sites is 1. The molecule has 3 rings (SSSR count). The first-order chi connectivity index (χ1) is 7.31. The molecule has 1 aromatic rings. The molecular weight excluding hydrogens is 208 g/mol. The Morgan fingerprint density at radius 3 is 3.00 bits per heavy atom. The third-order valence-corrected chi connectivity index (χ3v) is 3.96. The number of carbonyl (C=O) groups is 1. The third-order valence-electron chi connectivity index (χ3n) is 2.70. The van der Waals surface area contributed by atoms with Crippen molar-refractivity contribution in [1.82, 2.24) is 4.90 Å². The number of anilines is 1. The van der Waals surface area contributed by atoms with Gasteiger partial charge in [0.2, 0.25) is 6.41 Å². The summed E-state index contributed by atoms with van der Waals surface area (Å²) in [6.07, 6.45) is 2.92. The van der Waals surface area contributed by atoms with Gasteiger partial charge in [0.1, 0.15) is 0 Å². The maximum absolute atomic E-state index is 11.0. The van der Waals surface area contributed by atoms with Gasteiger partial charge >= 0.3 is 0 Å². The molecule has 0 N–H and O–H groups in total. The van der Waals surface area contributed by atoms with Crippen molar-refractivity contribution in [3.8, 4) is 0 Å². The van der Waals surface area contributed by atoms with Gasteiger partial charge < -0.3 is 4.90 Å². The van der Waals surface area contributed by atoms with Crippen LogP contribution < -0.4 is 4.90 Å². The van der Waals surface area contributed by atoms with Gasteiger partial charge in [-0.2, -0.15) is 0 Å². The second kappa shape index (κ2) is 3.03. The highest BCUT2D eigenvalue weighted by atomic mass is 32.2. The molecule has 0 bridgehead atoms. The Balaban J connectivity index is 2.07. The zero-order valence-electron chi connectivity index (χ0n) is 8.25. The summed E-state index contributed by atoms with van der Waals surface area (Å²) in [6, 6.07) is 8.22. The fourth-order valence-electron chi connectivity index (χ4n) is 1.96. The van der Waals surface area contributed by atoms with Crippen LogP contribution in [-0.4, -0.2) is 16.8 Å². The Morgan fingerprint density at radius 2 is 2.20 bits per heavy atom. The fraction of sp³-hybridized carbons (Fsp3) is 0.182. The summed E-state index contributed by atoms with van der Waals surface area (Å²) in [5.74, 6) is 0. The lowest BCUT2D eigenvalue weighted by molar-refractivity contribution is -0.116. The fourth-order valence-corrected chi connectivity index (χ4v) is 3.26. The maximum atomic E-state index is 11.0. The van der Waals surface area contributed by atoms with Gasteiger partial charge in [-0.05, 0) is 19.1 Å². The lowest BCUT2D eigenvalue weighted by Crippen LogP contribution is -2.32. The minimum absolute atomic E-state index is 0.0832. The van der Waals surface area contributed by atoms with Gasteiger partial charge in [-0.15, -0.1) is 0 Å². The zero-order chi connectivity index (χ0) is 10.4. The van der Waals surface area contributed by atoms with Gasteiger partial charge in [0.25, 0.3) is 0 Å². The molecule has 4 heteroatoms. The van der Waals surface area contributed by atoms with E-state index < -0.39 is 0 Å².